The molecule has 0 amide bonds. The molecule has 0 aliphatic carbocycles. The Labute approximate surface area is 87.3 Å². The minimum absolute atomic E-state index is 0.0496. The van der Waals surface area contributed by atoms with Crippen LogP contribution in [0.25, 0.3) is 6.08 Å². The van der Waals surface area contributed by atoms with Gasteiger partial charge in [0.1, 0.15) is 5.69 Å². The van der Waals surface area contributed by atoms with Crippen LogP contribution in [0.3, 0.4) is 0 Å². The lowest BCUT2D eigenvalue weighted by atomic mass is 10.2. The Kier molecular flexibility index (Phi) is 3.74. The van der Waals surface area contributed by atoms with Gasteiger partial charge in [0.05, 0.1) is 12.1 Å². The molecular weight excluding hydrogens is 194 g/mol. The van der Waals surface area contributed by atoms with Crippen molar-refractivity contribution in [2.24, 2.45) is 0 Å². The number of carboxylic acid groups (broad SMARTS) is 1. The van der Waals surface area contributed by atoms with Gasteiger partial charge in [-0.05, 0) is 18.2 Å². The van der Waals surface area contributed by atoms with Crippen molar-refractivity contribution in [1.82, 2.24) is 4.98 Å². The van der Waals surface area contributed by atoms with Gasteiger partial charge >= 0.3 is 5.97 Å². The highest BCUT2D eigenvalue weighted by molar-refractivity contribution is 5.92. The minimum atomic E-state index is -0.894. The van der Waals surface area contributed by atoms with Gasteiger partial charge in [-0.1, -0.05) is 12.1 Å². The second-order valence-electron chi connectivity index (χ2n) is 3.00. The summed E-state index contributed by atoms with van der Waals surface area (Å²) in [6.07, 6.45) is 3.03. The van der Waals surface area contributed by atoms with Gasteiger partial charge in [-0.15, -0.1) is 0 Å². The lowest BCUT2D eigenvalue weighted by Crippen LogP contribution is -1.97. The molecule has 0 atom stereocenters. The van der Waals surface area contributed by atoms with E-state index in [4.69, 9.17) is 5.11 Å². The first kappa shape index (κ1) is 11.1. The van der Waals surface area contributed by atoms with E-state index in [1.165, 1.54) is 13.0 Å². The predicted molar refractivity (Wildman–Crippen MR) is 55.5 cm³/mol. The molecule has 0 spiro atoms. The van der Waals surface area contributed by atoms with Crippen molar-refractivity contribution in [2.75, 3.05) is 0 Å². The van der Waals surface area contributed by atoms with Crippen molar-refractivity contribution in [3.8, 4) is 0 Å². The largest absolute Gasteiger partial charge is 0.481 e. The van der Waals surface area contributed by atoms with Crippen LogP contribution in [0.2, 0.25) is 0 Å². The Hall–Kier alpha value is -1.97. The molecule has 78 valence electrons. The van der Waals surface area contributed by atoms with E-state index in [2.05, 4.69) is 4.98 Å². The first-order valence-electron chi connectivity index (χ1n) is 4.46. The number of pyridine rings is 1. The Balaban J connectivity index is 2.78. The SMILES string of the molecule is CC(=O)c1cccc(C=CCC(=O)O)n1. The standard InChI is InChI=1S/C11H11NO3/c1-8(13)10-6-2-4-9(12-10)5-3-7-11(14)15/h2-6H,7H2,1H3,(H,14,15). The highest BCUT2D eigenvalue weighted by Crippen LogP contribution is 2.03. The molecule has 0 unspecified atom stereocenters. The molecule has 4 nitrogen and oxygen atoms in total. The Morgan fingerprint density at radius 2 is 2.20 bits per heavy atom. The number of carbonyl (C=O) groups excluding carboxylic acids is 1. The van der Waals surface area contributed by atoms with Crippen molar-refractivity contribution in [1.29, 1.82) is 0 Å². The van der Waals surface area contributed by atoms with Crippen molar-refractivity contribution >= 4 is 17.8 Å². The number of aromatic nitrogens is 1. The summed E-state index contributed by atoms with van der Waals surface area (Å²) in [5.41, 5.74) is 0.969. The quantitative estimate of drug-likeness (QED) is 0.760. The van der Waals surface area contributed by atoms with Crippen LogP contribution in [0.4, 0.5) is 0 Å². The molecule has 1 N–H and O–H groups in total. The van der Waals surface area contributed by atoms with Crippen molar-refractivity contribution in [2.45, 2.75) is 13.3 Å². The Morgan fingerprint density at radius 3 is 2.80 bits per heavy atom. The Bertz CT molecular complexity index is 410. The van der Waals surface area contributed by atoms with Crippen LogP contribution in [0, 0.1) is 0 Å². The first-order chi connectivity index (χ1) is 7.09. The van der Waals surface area contributed by atoms with E-state index in [9.17, 15) is 9.59 Å². The first-order valence-corrected chi connectivity index (χ1v) is 4.46. The van der Waals surface area contributed by atoms with Crippen LogP contribution in [0.1, 0.15) is 29.5 Å². The second kappa shape index (κ2) is 5.05. The third-order valence-corrected chi connectivity index (χ3v) is 1.71. The highest BCUT2D eigenvalue weighted by Gasteiger charge is 1.99. The molecule has 1 heterocycles. The van der Waals surface area contributed by atoms with E-state index < -0.39 is 5.97 Å². The summed E-state index contributed by atoms with van der Waals surface area (Å²) in [5.74, 6) is -1.00. The predicted octanol–water partition coefficient (Wildman–Crippen LogP) is 1.77. The summed E-state index contributed by atoms with van der Waals surface area (Å²) in [6, 6.07) is 5.05. The van der Waals surface area contributed by atoms with Crippen LogP contribution in [-0.2, 0) is 4.79 Å². The van der Waals surface area contributed by atoms with Gasteiger partial charge in [0, 0.05) is 6.92 Å². The molecule has 0 bridgehead atoms. The number of rotatable bonds is 4. The number of carbonyl (C=O) groups is 2. The molecule has 0 aromatic carbocycles. The number of nitrogens with zero attached hydrogens (tertiary/aromatic N) is 1. The third kappa shape index (κ3) is 3.72. The van der Waals surface area contributed by atoms with E-state index >= 15 is 0 Å². The zero-order chi connectivity index (χ0) is 11.3. The number of Topliss-reactive ketones (excluding diaryl/α,β-unsaturated/α-hetero) is 1. The summed E-state index contributed by atoms with van der Waals surface area (Å²) >= 11 is 0. The van der Waals surface area contributed by atoms with Gasteiger partial charge in [-0.2, -0.15) is 0 Å². The zero-order valence-electron chi connectivity index (χ0n) is 8.30. The molecule has 4 heteroatoms. The van der Waals surface area contributed by atoms with E-state index in [-0.39, 0.29) is 12.2 Å². The van der Waals surface area contributed by atoms with Crippen LogP contribution in [0.15, 0.2) is 24.3 Å². The second-order valence-corrected chi connectivity index (χ2v) is 3.00. The fraction of sp³-hybridized carbons (Fsp3) is 0.182. The normalized spacial score (nSPS) is 10.5. The van der Waals surface area contributed by atoms with Gasteiger partial charge in [-0.25, -0.2) is 4.98 Å². The van der Waals surface area contributed by atoms with E-state index in [0.717, 1.165) is 0 Å². The van der Waals surface area contributed by atoms with Gasteiger partial charge < -0.3 is 5.11 Å². The summed E-state index contributed by atoms with van der Waals surface area (Å²) in [5, 5.41) is 8.41. The zero-order valence-corrected chi connectivity index (χ0v) is 8.30. The number of aliphatic carboxylic acids is 1. The fourth-order valence-electron chi connectivity index (χ4n) is 1.02. The maximum absolute atomic E-state index is 11.0. The molecule has 1 aromatic rings. The highest BCUT2D eigenvalue weighted by atomic mass is 16.4. The lowest BCUT2D eigenvalue weighted by molar-refractivity contribution is -0.135. The van der Waals surface area contributed by atoms with Gasteiger partial charge in [-0.3, -0.25) is 9.59 Å². The van der Waals surface area contributed by atoms with Gasteiger partial charge in [0.15, 0.2) is 5.78 Å². The van der Waals surface area contributed by atoms with E-state index in [1.807, 2.05) is 0 Å². The van der Waals surface area contributed by atoms with Crippen LogP contribution in [-0.4, -0.2) is 21.8 Å². The molecule has 0 saturated carbocycles. The number of carboxylic acids is 1. The van der Waals surface area contributed by atoms with Crippen molar-refractivity contribution < 1.29 is 14.7 Å². The van der Waals surface area contributed by atoms with Crippen molar-refractivity contribution in [3.05, 3.63) is 35.7 Å². The van der Waals surface area contributed by atoms with Crippen LogP contribution in [0.5, 0.6) is 0 Å². The van der Waals surface area contributed by atoms with Crippen LogP contribution >= 0.6 is 0 Å². The Morgan fingerprint density at radius 1 is 1.47 bits per heavy atom. The smallest absolute Gasteiger partial charge is 0.307 e. The monoisotopic (exact) mass is 205 g/mol. The fourth-order valence-corrected chi connectivity index (χ4v) is 1.02. The molecule has 0 radical (unpaired) electrons. The minimum Gasteiger partial charge on any atom is -0.481 e. The molecule has 0 fully saturated rings. The molecular formula is C11H11NO3. The van der Waals surface area contributed by atoms with Crippen molar-refractivity contribution in [3.63, 3.8) is 0 Å². The van der Waals surface area contributed by atoms with Gasteiger partial charge in [0.25, 0.3) is 0 Å². The molecule has 1 rings (SSSR count). The molecule has 15 heavy (non-hydrogen) atoms. The maximum Gasteiger partial charge on any atom is 0.307 e. The molecule has 1 aromatic heterocycles. The number of hydrogen-bond acceptors (Lipinski definition) is 3. The topological polar surface area (TPSA) is 67.3 Å². The number of ketones is 1. The lowest BCUT2D eigenvalue weighted by Gasteiger charge is -1.96. The molecule has 0 saturated heterocycles. The third-order valence-electron chi connectivity index (χ3n) is 1.71. The van der Waals surface area contributed by atoms with Crippen LogP contribution < -0.4 is 0 Å². The number of hydrogen-bond donors (Lipinski definition) is 1. The van der Waals surface area contributed by atoms with E-state index in [0.29, 0.717) is 11.4 Å². The average Bonchev–Trinajstić information content (AvgIpc) is 2.17. The average molecular weight is 205 g/mol. The maximum atomic E-state index is 11.0. The summed E-state index contributed by atoms with van der Waals surface area (Å²) in [7, 11) is 0. The summed E-state index contributed by atoms with van der Waals surface area (Å²) in [4.78, 5) is 25.3. The van der Waals surface area contributed by atoms with E-state index in [1.54, 1.807) is 24.3 Å². The summed E-state index contributed by atoms with van der Waals surface area (Å²) in [6.45, 7) is 1.44. The van der Waals surface area contributed by atoms with Gasteiger partial charge in [0.2, 0.25) is 0 Å². The summed E-state index contributed by atoms with van der Waals surface area (Å²) < 4.78 is 0. The molecule has 0 aliphatic rings. The molecule has 0 aliphatic heterocycles.